The summed E-state index contributed by atoms with van der Waals surface area (Å²) in [6, 6.07) is 20.5. The van der Waals surface area contributed by atoms with E-state index in [1.54, 1.807) is 66.5 Å². The molecule has 3 aromatic rings. The van der Waals surface area contributed by atoms with Crippen molar-refractivity contribution in [3.8, 4) is 11.5 Å². The maximum Gasteiger partial charge on any atom is 0.255 e. The van der Waals surface area contributed by atoms with E-state index in [1.807, 2.05) is 18.2 Å². The Morgan fingerprint density at radius 3 is 2.03 bits per heavy atom. The van der Waals surface area contributed by atoms with Crippen molar-refractivity contribution in [3.63, 3.8) is 0 Å². The quantitative estimate of drug-likeness (QED) is 0.610. The minimum Gasteiger partial charge on any atom is -0.457 e. The number of nitrogens with two attached hydrogens (primary N) is 1. The van der Waals surface area contributed by atoms with Gasteiger partial charge in [-0.05, 0) is 66.2 Å². The Labute approximate surface area is 180 Å². The molecule has 0 heterocycles. The predicted molar refractivity (Wildman–Crippen MR) is 118 cm³/mol. The predicted octanol–water partition coefficient (Wildman–Crippen LogP) is 3.81. The molecule has 0 atom stereocenters. The Morgan fingerprint density at radius 1 is 0.903 bits per heavy atom. The highest BCUT2D eigenvalue weighted by Gasteiger charge is 2.09. The van der Waals surface area contributed by atoms with Crippen molar-refractivity contribution in [2.45, 2.75) is 13.5 Å². The van der Waals surface area contributed by atoms with Crippen LogP contribution in [-0.4, -0.2) is 29.7 Å². The number of amides is 3. The number of carbonyl (C=O) groups excluding carboxylic acids is 3. The van der Waals surface area contributed by atoms with E-state index in [9.17, 15) is 14.4 Å². The lowest BCUT2D eigenvalue weighted by Gasteiger charge is -2.15. The summed E-state index contributed by atoms with van der Waals surface area (Å²) in [5, 5.41) is 2.86. The number of ether oxygens (including phenoxy) is 1. The lowest BCUT2D eigenvalue weighted by molar-refractivity contribution is -0.128. The number of nitrogens with one attached hydrogen (secondary N) is 1. The Bertz CT molecular complexity index is 1090. The molecule has 158 valence electrons. The van der Waals surface area contributed by atoms with E-state index in [0.717, 1.165) is 5.56 Å². The van der Waals surface area contributed by atoms with E-state index >= 15 is 0 Å². The first kappa shape index (κ1) is 21.6. The van der Waals surface area contributed by atoms with Gasteiger partial charge >= 0.3 is 0 Å². The molecule has 0 bridgehead atoms. The van der Waals surface area contributed by atoms with Crippen molar-refractivity contribution in [1.82, 2.24) is 4.90 Å². The van der Waals surface area contributed by atoms with Gasteiger partial charge in [0.2, 0.25) is 11.8 Å². The van der Waals surface area contributed by atoms with Gasteiger partial charge in [-0.25, -0.2) is 0 Å². The van der Waals surface area contributed by atoms with Gasteiger partial charge < -0.3 is 20.7 Å². The summed E-state index contributed by atoms with van der Waals surface area (Å²) in [5.41, 5.74) is 7.66. The molecule has 0 spiro atoms. The average Bonchev–Trinajstić information content (AvgIpc) is 2.74. The summed E-state index contributed by atoms with van der Waals surface area (Å²) >= 11 is 0. The normalized spacial score (nSPS) is 10.3. The smallest absolute Gasteiger partial charge is 0.255 e. The van der Waals surface area contributed by atoms with Gasteiger partial charge in [0, 0.05) is 37.3 Å². The number of rotatable bonds is 7. The van der Waals surface area contributed by atoms with E-state index in [1.165, 1.54) is 6.92 Å². The van der Waals surface area contributed by atoms with Gasteiger partial charge in [0.25, 0.3) is 5.91 Å². The number of carbonyl (C=O) groups is 3. The Hall–Kier alpha value is -4.13. The van der Waals surface area contributed by atoms with Gasteiger partial charge in [-0.2, -0.15) is 0 Å². The van der Waals surface area contributed by atoms with Crippen LogP contribution in [0.15, 0.2) is 72.8 Å². The highest BCUT2D eigenvalue weighted by atomic mass is 16.5. The van der Waals surface area contributed by atoms with Crippen molar-refractivity contribution in [3.05, 3.63) is 89.5 Å². The third kappa shape index (κ3) is 5.93. The fourth-order valence-corrected chi connectivity index (χ4v) is 2.83. The monoisotopic (exact) mass is 417 g/mol. The summed E-state index contributed by atoms with van der Waals surface area (Å²) in [4.78, 5) is 36.7. The molecule has 7 heteroatoms. The second kappa shape index (κ2) is 9.58. The molecule has 0 aromatic heterocycles. The summed E-state index contributed by atoms with van der Waals surface area (Å²) in [6.07, 6.45) is 0. The maximum atomic E-state index is 12.6. The third-order valence-electron chi connectivity index (χ3n) is 4.63. The van der Waals surface area contributed by atoms with Gasteiger partial charge in [-0.1, -0.05) is 12.1 Å². The van der Waals surface area contributed by atoms with Gasteiger partial charge in [-0.15, -0.1) is 0 Å². The zero-order valence-electron chi connectivity index (χ0n) is 17.3. The van der Waals surface area contributed by atoms with Crippen LogP contribution in [0.1, 0.15) is 33.2 Å². The summed E-state index contributed by atoms with van der Waals surface area (Å²) in [7, 11) is 1.73. The first-order valence-electron chi connectivity index (χ1n) is 9.61. The van der Waals surface area contributed by atoms with Gasteiger partial charge in [-0.3, -0.25) is 14.4 Å². The SMILES string of the molecule is CC(=O)N(C)Cc1cccc(NC(=O)c2ccc(Oc3ccc(C(N)=O)cc3)cc2)c1. The van der Waals surface area contributed by atoms with Crippen molar-refractivity contribution >= 4 is 23.4 Å². The van der Waals surface area contributed by atoms with Crippen LogP contribution in [0.3, 0.4) is 0 Å². The topological polar surface area (TPSA) is 102 Å². The highest BCUT2D eigenvalue weighted by molar-refractivity contribution is 6.04. The molecule has 0 radical (unpaired) electrons. The van der Waals surface area contributed by atoms with E-state index < -0.39 is 5.91 Å². The molecule has 0 fully saturated rings. The average molecular weight is 417 g/mol. The fraction of sp³-hybridized carbons (Fsp3) is 0.125. The van der Waals surface area contributed by atoms with Gasteiger partial charge in [0.15, 0.2) is 0 Å². The minimum absolute atomic E-state index is 0.0273. The molecule has 3 rings (SSSR count). The van der Waals surface area contributed by atoms with Crippen LogP contribution in [0.5, 0.6) is 11.5 Å². The zero-order valence-corrected chi connectivity index (χ0v) is 17.3. The van der Waals surface area contributed by atoms with Crippen LogP contribution in [0, 0.1) is 0 Å². The van der Waals surface area contributed by atoms with Crippen molar-refractivity contribution in [2.75, 3.05) is 12.4 Å². The molecular formula is C24H23N3O4. The summed E-state index contributed by atoms with van der Waals surface area (Å²) < 4.78 is 5.72. The van der Waals surface area contributed by atoms with E-state index in [-0.39, 0.29) is 11.8 Å². The second-order valence-corrected chi connectivity index (χ2v) is 7.04. The molecule has 0 aliphatic rings. The Kier molecular flexibility index (Phi) is 6.67. The summed E-state index contributed by atoms with van der Waals surface area (Å²) in [5.74, 6) is 0.320. The van der Waals surface area contributed by atoms with Gasteiger partial charge in [0.05, 0.1) is 0 Å². The lowest BCUT2D eigenvalue weighted by atomic mass is 10.1. The van der Waals surface area contributed by atoms with Crippen molar-refractivity contribution in [2.24, 2.45) is 5.73 Å². The number of nitrogens with zero attached hydrogens (tertiary/aromatic N) is 1. The number of benzene rings is 3. The minimum atomic E-state index is -0.502. The highest BCUT2D eigenvalue weighted by Crippen LogP contribution is 2.22. The molecule has 0 saturated heterocycles. The second-order valence-electron chi connectivity index (χ2n) is 7.04. The zero-order chi connectivity index (χ0) is 22.4. The molecule has 0 saturated carbocycles. The molecule has 0 aliphatic carbocycles. The van der Waals surface area contributed by atoms with Crippen LogP contribution < -0.4 is 15.8 Å². The third-order valence-corrected chi connectivity index (χ3v) is 4.63. The standard InChI is InChI=1S/C24H23N3O4/c1-16(28)27(2)15-17-4-3-5-20(14-17)26-24(30)19-8-12-22(13-9-19)31-21-10-6-18(7-11-21)23(25)29/h3-14H,15H2,1-2H3,(H2,25,29)(H,26,30). The first-order chi connectivity index (χ1) is 14.8. The Balaban J connectivity index is 1.62. The number of hydrogen-bond acceptors (Lipinski definition) is 4. The molecule has 0 aliphatic heterocycles. The van der Waals surface area contributed by atoms with Crippen LogP contribution >= 0.6 is 0 Å². The number of primary amides is 1. The lowest BCUT2D eigenvalue weighted by Crippen LogP contribution is -2.23. The van der Waals surface area contributed by atoms with Crippen LogP contribution in [-0.2, 0) is 11.3 Å². The molecule has 3 amide bonds. The largest absolute Gasteiger partial charge is 0.457 e. The van der Waals surface area contributed by atoms with Crippen LogP contribution in [0.2, 0.25) is 0 Å². The van der Waals surface area contributed by atoms with E-state index in [0.29, 0.717) is 34.9 Å². The molecule has 3 N–H and O–H groups in total. The maximum absolute atomic E-state index is 12.6. The molecule has 0 unspecified atom stereocenters. The Morgan fingerprint density at radius 2 is 1.48 bits per heavy atom. The molecular weight excluding hydrogens is 394 g/mol. The van der Waals surface area contributed by atoms with Crippen LogP contribution in [0.25, 0.3) is 0 Å². The molecule has 3 aromatic carbocycles. The molecule has 7 nitrogen and oxygen atoms in total. The number of hydrogen-bond donors (Lipinski definition) is 2. The van der Waals surface area contributed by atoms with Gasteiger partial charge in [0.1, 0.15) is 11.5 Å². The number of anilines is 1. The van der Waals surface area contributed by atoms with Crippen molar-refractivity contribution < 1.29 is 19.1 Å². The molecule has 31 heavy (non-hydrogen) atoms. The van der Waals surface area contributed by atoms with E-state index in [2.05, 4.69) is 5.32 Å². The summed E-state index contributed by atoms with van der Waals surface area (Å²) in [6.45, 7) is 1.97. The van der Waals surface area contributed by atoms with Crippen LogP contribution in [0.4, 0.5) is 5.69 Å². The van der Waals surface area contributed by atoms with Crippen molar-refractivity contribution in [1.29, 1.82) is 0 Å². The van der Waals surface area contributed by atoms with E-state index in [4.69, 9.17) is 10.5 Å². The fourth-order valence-electron chi connectivity index (χ4n) is 2.83. The first-order valence-corrected chi connectivity index (χ1v) is 9.61.